The predicted octanol–water partition coefficient (Wildman–Crippen LogP) is 0.358. The molecule has 0 amide bonds. The molecule has 1 unspecified atom stereocenters. The van der Waals surface area contributed by atoms with Gasteiger partial charge < -0.3 is 5.73 Å². The number of nitrogens with two attached hydrogens (primary N) is 1. The number of carbonyl (C=O) groups is 1. The van der Waals surface area contributed by atoms with E-state index >= 15 is 0 Å². The third-order valence-electron chi connectivity index (χ3n) is 2.14. The summed E-state index contributed by atoms with van der Waals surface area (Å²) in [6.07, 6.45) is 3.77. The highest BCUT2D eigenvalue weighted by Gasteiger charge is 2.10. The fraction of sp³-hybridized carbons (Fsp3) is 0.846. The highest BCUT2D eigenvalue weighted by atomic mass is 16.1. The van der Waals surface area contributed by atoms with Gasteiger partial charge in [-0.1, -0.05) is 29.7 Å². The Morgan fingerprint density at radius 2 is 1.71 bits per heavy atom. The number of unbranched alkanes of at least 4 members (excludes halogenated alkanes) is 1. The van der Waals surface area contributed by atoms with Crippen molar-refractivity contribution in [1.82, 2.24) is 0 Å². The summed E-state index contributed by atoms with van der Waals surface area (Å²) in [6.45, 7) is 1.59. The first-order valence-electron chi connectivity index (χ1n) is 4.70. The SMILES string of the molecule is C.C.C.C.C[NH+]=C(N)CCCCC([NH3+])C(C)=O. The van der Waals surface area contributed by atoms with E-state index in [4.69, 9.17) is 5.73 Å². The lowest BCUT2D eigenvalue weighted by Crippen LogP contribution is -2.70. The zero-order chi connectivity index (χ0) is 10.3. The Kier molecular flexibility index (Phi) is 30.7. The first-order chi connectivity index (χ1) is 6.07. The molecule has 0 heterocycles. The normalized spacial score (nSPS) is 10.9. The van der Waals surface area contributed by atoms with E-state index in [0.717, 1.165) is 31.5 Å². The number of Topliss-reactive ketones (excluding diaryl/α,β-unsaturated/α-hetero) is 1. The summed E-state index contributed by atoms with van der Waals surface area (Å²) in [5, 5.41) is 0. The van der Waals surface area contributed by atoms with Gasteiger partial charge >= 0.3 is 0 Å². The summed E-state index contributed by atoms with van der Waals surface area (Å²) in [5.41, 5.74) is 9.34. The topological polar surface area (TPSA) is 84.7 Å². The summed E-state index contributed by atoms with van der Waals surface area (Å²) < 4.78 is 0. The number of hydrogen-bond donors (Lipinski definition) is 3. The molecule has 0 fully saturated rings. The van der Waals surface area contributed by atoms with Crippen LogP contribution in [0.3, 0.4) is 0 Å². The second-order valence-electron chi connectivity index (χ2n) is 3.33. The minimum absolute atomic E-state index is 0. The molecule has 0 aliphatic rings. The van der Waals surface area contributed by atoms with E-state index in [2.05, 4.69) is 10.7 Å². The third kappa shape index (κ3) is 17.7. The summed E-state index contributed by atoms with van der Waals surface area (Å²) >= 11 is 0. The Hall–Kier alpha value is -0.900. The summed E-state index contributed by atoms with van der Waals surface area (Å²) in [6, 6.07) is -0.0455. The van der Waals surface area contributed by atoms with Gasteiger partial charge in [0.25, 0.3) is 0 Å². The van der Waals surface area contributed by atoms with E-state index in [0.29, 0.717) is 0 Å². The minimum Gasteiger partial charge on any atom is -0.349 e. The van der Waals surface area contributed by atoms with E-state index < -0.39 is 0 Å². The van der Waals surface area contributed by atoms with Crippen molar-refractivity contribution in [2.24, 2.45) is 5.73 Å². The van der Waals surface area contributed by atoms with E-state index in [1.807, 2.05) is 7.05 Å². The third-order valence-corrected chi connectivity index (χ3v) is 2.14. The van der Waals surface area contributed by atoms with Crippen LogP contribution in [0.5, 0.6) is 0 Å². The predicted molar refractivity (Wildman–Crippen MR) is 78.8 cm³/mol. The molecule has 0 saturated carbocycles. The zero-order valence-electron chi connectivity index (χ0n) is 8.60. The highest BCUT2D eigenvalue weighted by Crippen LogP contribution is 2.00. The van der Waals surface area contributed by atoms with Crippen molar-refractivity contribution in [3.05, 3.63) is 0 Å². The van der Waals surface area contributed by atoms with Gasteiger partial charge in [-0.25, -0.2) is 0 Å². The largest absolute Gasteiger partial charge is 0.349 e. The average Bonchev–Trinajstić information content (AvgIpc) is 2.11. The van der Waals surface area contributed by atoms with Crippen LogP contribution >= 0.6 is 0 Å². The number of quaternary nitrogens is 1. The average molecular weight is 251 g/mol. The smallest absolute Gasteiger partial charge is 0.240 e. The van der Waals surface area contributed by atoms with Crippen LogP contribution in [0.15, 0.2) is 0 Å². The van der Waals surface area contributed by atoms with Gasteiger partial charge in [0.05, 0.1) is 7.05 Å². The van der Waals surface area contributed by atoms with Crippen LogP contribution in [0.4, 0.5) is 0 Å². The standard InChI is InChI=1S/C9H19N3O.4CH4/c1-7(13)8(10)5-3-4-6-9(11)12-2;;;;/h8H,3-6,10H2,1-2H3,(H2,11,12);4*1H4/p+2. The van der Waals surface area contributed by atoms with E-state index in [-0.39, 0.29) is 41.5 Å². The summed E-state index contributed by atoms with van der Waals surface area (Å²) in [4.78, 5) is 13.7. The van der Waals surface area contributed by atoms with Gasteiger partial charge in [0.15, 0.2) is 5.78 Å². The van der Waals surface area contributed by atoms with Crippen LogP contribution < -0.4 is 16.5 Å². The fourth-order valence-electron chi connectivity index (χ4n) is 1.03. The summed E-state index contributed by atoms with van der Waals surface area (Å²) in [7, 11) is 1.81. The number of amidine groups is 1. The first-order valence-corrected chi connectivity index (χ1v) is 4.70. The van der Waals surface area contributed by atoms with Crippen LogP contribution in [0.1, 0.15) is 62.3 Å². The minimum atomic E-state index is -0.0455. The lowest BCUT2D eigenvalue weighted by Gasteiger charge is -2.02. The molecule has 0 aliphatic carbocycles. The van der Waals surface area contributed by atoms with Gasteiger partial charge in [-0.3, -0.25) is 15.5 Å². The molecule has 17 heavy (non-hydrogen) atoms. The molecule has 4 nitrogen and oxygen atoms in total. The van der Waals surface area contributed by atoms with Crippen molar-refractivity contribution in [1.29, 1.82) is 0 Å². The Bertz CT molecular complexity index is 191. The van der Waals surface area contributed by atoms with Crippen molar-refractivity contribution in [2.75, 3.05) is 7.05 Å². The van der Waals surface area contributed by atoms with Gasteiger partial charge in [-0.2, -0.15) is 0 Å². The molecule has 0 bridgehead atoms. The Labute approximate surface area is 109 Å². The molecule has 0 spiro atoms. The highest BCUT2D eigenvalue weighted by molar-refractivity contribution is 5.79. The van der Waals surface area contributed by atoms with E-state index in [1.165, 1.54) is 0 Å². The van der Waals surface area contributed by atoms with Crippen molar-refractivity contribution in [2.45, 2.75) is 68.4 Å². The van der Waals surface area contributed by atoms with Gasteiger partial charge in [-0.05, 0) is 12.8 Å². The van der Waals surface area contributed by atoms with Crippen LogP contribution in [-0.4, -0.2) is 24.7 Å². The van der Waals surface area contributed by atoms with Crippen LogP contribution in [0.25, 0.3) is 0 Å². The van der Waals surface area contributed by atoms with Crippen molar-refractivity contribution in [3.63, 3.8) is 0 Å². The molecule has 0 aromatic heterocycles. The first kappa shape index (κ1) is 29.8. The van der Waals surface area contributed by atoms with Crippen molar-refractivity contribution in [3.8, 4) is 0 Å². The Balaban J connectivity index is -0.000000120. The van der Waals surface area contributed by atoms with Gasteiger partial charge in [0.2, 0.25) is 5.84 Å². The molecule has 0 rings (SSSR count). The molecule has 0 radical (unpaired) electrons. The summed E-state index contributed by atoms with van der Waals surface area (Å²) in [5.74, 6) is 0.981. The maximum atomic E-state index is 10.8. The van der Waals surface area contributed by atoms with Crippen LogP contribution in [0, 0.1) is 0 Å². The van der Waals surface area contributed by atoms with E-state index in [9.17, 15) is 4.79 Å². The second-order valence-corrected chi connectivity index (χ2v) is 3.33. The zero-order valence-corrected chi connectivity index (χ0v) is 8.60. The molecule has 108 valence electrons. The van der Waals surface area contributed by atoms with Gasteiger partial charge in [0, 0.05) is 19.8 Å². The van der Waals surface area contributed by atoms with Crippen LogP contribution in [-0.2, 0) is 4.79 Å². The quantitative estimate of drug-likeness (QED) is 0.362. The van der Waals surface area contributed by atoms with Gasteiger partial charge in [-0.15, -0.1) is 0 Å². The number of rotatable bonds is 6. The molecule has 4 heteroatoms. The molecule has 0 aromatic rings. The molecule has 1 atom stereocenters. The molecular formula is C13H37N3O+2. The second kappa shape index (κ2) is 17.5. The fourth-order valence-corrected chi connectivity index (χ4v) is 1.03. The Morgan fingerprint density at radius 1 is 1.24 bits per heavy atom. The maximum absolute atomic E-state index is 10.8. The Morgan fingerprint density at radius 3 is 2.06 bits per heavy atom. The maximum Gasteiger partial charge on any atom is 0.240 e. The lowest BCUT2D eigenvalue weighted by molar-refractivity contribution is -0.422. The molecule has 0 saturated heterocycles. The van der Waals surface area contributed by atoms with Crippen LogP contribution in [0.2, 0.25) is 0 Å². The number of nitrogens with one attached hydrogen (secondary N) is 1. The van der Waals surface area contributed by atoms with Crippen molar-refractivity contribution >= 4 is 11.6 Å². The number of ketones is 1. The molecule has 6 N–H and O–H groups in total. The molecule has 0 aromatic carbocycles. The van der Waals surface area contributed by atoms with Gasteiger partial charge in [0.1, 0.15) is 6.04 Å². The monoisotopic (exact) mass is 251 g/mol. The molecular weight excluding hydrogens is 214 g/mol. The van der Waals surface area contributed by atoms with E-state index in [1.54, 1.807) is 6.92 Å². The number of carbonyl (C=O) groups excluding carboxylic acids is 1. The number of hydrogen-bond acceptors (Lipinski definition) is 1. The van der Waals surface area contributed by atoms with Crippen molar-refractivity contribution < 1.29 is 15.5 Å². The molecule has 0 aliphatic heterocycles. The lowest BCUT2D eigenvalue weighted by atomic mass is 10.1.